The fourth-order valence-corrected chi connectivity index (χ4v) is 3.81. The average molecular weight is 476 g/mol. The summed E-state index contributed by atoms with van der Waals surface area (Å²) < 4.78 is 10.6. The van der Waals surface area contributed by atoms with Crippen molar-refractivity contribution in [2.45, 2.75) is 20.8 Å². The minimum Gasteiger partial charge on any atom is -0.484 e. The molecule has 2 aromatic rings. The molecule has 0 spiro atoms. The molecule has 1 heterocycles. The predicted octanol–water partition coefficient (Wildman–Crippen LogP) is 3.77. The first-order valence-corrected chi connectivity index (χ1v) is 11.0. The van der Waals surface area contributed by atoms with Crippen molar-refractivity contribution in [3.63, 3.8) is 0 Å². The minimum absolute atomic E-state index is 0.102. The van der Waals surface area contributed by atoms with Crippen molar-refractivity contribution in [1.29, 1.82) is 0 Å². The molecule has 3 rings (SSSR count). The van der Waals surface area contributed by atoms with Gasteiger partial charge in [-0.2, -0.15) is 0 Å². The van der Waals surface area contributed by atoms with E-state index in [0.717, 1.165) is 11.1 Å². The van der Waals surface area contributed by atoms with E-state index in [1.165, 1.54) is 12.1 Å². The summed E-state index contributed by atoms with van der Waals surface area (Å²) in [6.45, 7) is 7.15. The van der Waals surface area contributed by atoms with Gasteiger partial charge in [0.2, 0.25) is 0 Å². The topological polar surface area (TPSA) is 102 Å². The molecule has 2 aromatic carbocycles. The number of hydrogen-bond donors (Lipinski definition) is 0. The van der Waals surface area contributed by atoms with Crippen LogP contribution in [0.15, 0.2) is 30.3 Å². The summed E-state index contributed by atoms with van der Waals surface area (Å²) in [6.07, 6.45) is 0. The number of ether oxygens (including phenoxy) is 2. The van der Waals surface area contributed by atoms with Crippen LogP contribution in [0.1, 0.15) is 28.4 Å². The highest BCUT2D eigenvalue weighted by Gasteiger charge is 2.27. The molecule has 10 heteroatoms. The van der Waals surface area contributed by atoms with E-state index in [1.807, 2.05) is 18.7 Å². The summed E-state index contributed by atoms with van der Waals surface area (Å²) >= 11 is 6.17. The monoisotopic (exact) mass is 475 g/mol. The zero-order valence-corrected chi connectivity index (χ0v) is 19.6. The lowest BCUT2D eigenvalue weighted by atomic mass is 10.1. The molecule has 1 aliphatic rings. The predicted molar refractivity (Wildman–Crippen MR) is 124 cm³/mol. The first-order chi connectivity index (χ1) is 15.7. The Morgan fingerprint density at radius 1 is 1.09 bits per heavy atom. The third kappa shape index (κ3) is 5.73. The molecule has 1 amide bonds. The Labute approximate surface area is 197 Å². The number of piperazine rings is 1. The molecule has 1 aliphatic heterocycles. The molecular formula is C23H26ClN3O6. The zero-order valence-electron chi connectivity index (χ0n) is 18.8. The van der Waals surface area contributed by atoms with Crippen LogP contribution in [-0.2, 0) is 9.53 Å². The van der Waals surface area contributed by atoms with E-state index in [1.54, 1.807) is 30.0 Å². The summed E-state index contributed by atoms with van der Waals surface area (Å²) in [5.41, 5.74) is 2.12. The SMILES string of the molecule is CCOC(=O)c1ccc(N2CCN(C(=O)COc3cc(C)c(Cl)c(C)c3)CC2)c([N+](=O)[O-])c1. The van der Waals surface area contributed by atoms with Crippen LogP contribution < -0.4 is 9.64 Å². The van der Waals surface area contributed by atoms with Gasteiger partial charge in [-0.15, -0.1) is 0 Å². The number of carbonyl (C=O) groups excluding carboxylic acids is 2. The van der Waals surface area contributed by atoms with Crippen LogP contribution in [0.2, 0.25) is 5.02 Å². The molecule has 1 saturated heterocycles. The number of nitro groups is 1. The van der Waals surface area contributed by atoms with Gasteiger partial charge < -0.3 is 19.3 Å². The number of esters is 1. The van der Waals surface area contributed by atoms with Crippen LogP contribution >= 0.6 is 11.6 Å². The second kappa shape index (κ2) is 10.5. The van der Waals surface area contributed by atoms with Crippen molar-refractivity contribution in [2.24, 2.45) is 0 Å². The number of amides is 1. The van der Waals surface area contributed by atoms with Crippen LogP contribution in [0.5, 0.6) is 5.75 Å². The van der Waals surface area contributed by atoms with Gasteiger partial charge in [-0.25, -0.2) is 4.79 Å². The quantitative estimate of drug-likeness (QED) is 0.341. The van der Waals surface area contributed by atoms with E-state index in [0.29, 0.717) is 42.6 Å². The normalized spacial score (nSPS) is 13.6. The number of halogens is 1. The van der Waals surface area contributed by atoms with Gasteiger partial charge in [0.25, 0.3) is 11.6 Å². The van der Waals surface area contributed by atoms with Crippen molar-refractivity contribution in [2.75, 3.05) is 44.3 Å². The van der Waals surface area contributed by atoms with Crippen molar-refractivity contribution in [1.82, 2.24) is 4.90 Å². The van der Waals surface area contributed by atoms with Gasteiger partial charge in [-0.05, 0) is 56.2 Å². The molecule has 0 N–H and O–H groups in total. The van der Waals surface area contributed by atoms with Crippen molar-refractivity contribution in [3.8, 4) is 5.75 Å². The van der Waals surface area contributed by atoms with Crippen molar-refractivity contribution < 1.29 is 24.0 Å². The number of nitrogens with zero attached hydrogens (tertiary/aromatic N) is 3. The molecule has 0 radical (unpaired) electrons. The second-order valence-electron chi connectivity index (χ2n) is 7.71. The number of rotatable bonds is 7. The second-order valence-corrected chi connectivity index (χ2v) is 8.09. The van der Waals surface area contributed by atoms with Crippen LogP contribution in [0.3, 0.4) is 0 Å². The van der Waals surface area contributed by atoms with Crippen LogP contribution in [0.25, 0.3) is 0 Å². The highest BCUT2D eigenvalue weighted by Crippen LogP contribution is 2.30. The molecule has 1 fully saturated rings. The molecule has 9 nitrogen and oxygen atoms in total. The van der Waals surface area contributed by atoms with E-state index in [9.17, 15) is 19.7 Å². The molecule has 176 valence electrons. The van der Waals surface area contributed by atoms with Crippen molar-refractivity contribution >= 4 is 34.9 Å². The largest absolute Gasteiger partial charge is 0.484 e. The maximum absolute atomic E-state index is 12.6. The lowest BCUT2D eigenvalue weighted by molar-refractivity contribution is -0.384. The Morgan fingerprint density at radius 2 is 1.73 bits per heavy atom. The Hall–Kier alpha value is -3.33. The van der Waals surface area contributed by atoms with E-state index in [4.69, 9.17) is 21.1 Å². The standard InChI is InChI=1S/C23H26ClN3O6/c1-4-32-23(29)17-5-6-19(20(13-17)27(30)31)25-7-9-26(10-8-25)21(28)14-33-18-11-15(2)22(24)16(3)12-18/h5-6,11-13H,4,7-10,14H2,1-3H3. The fraction of sp³-hybridized carbons (Fsp3) is 0.391. The molecular weight excluding hydrogens is 450 g/mol. The molecule has 0 bridgehead atoms. The van der Waals surface area contributed by atoms with Gasteiger partial charge in [0, 0.05) is 37.3 Å². The van der Waals surface area contributed by atoms with Crippen LogP contribution in [0.4, 0.5) is 11.4 Å². The van der Waals surface area contributed by atoms with E-state index in [-0.39, 0.29) is 30.4 Å². The lowest BCUT2D eigenvalue weighted by Crippen LogP contribution is -2.50. The number of benzene rings is 2. The van der Waals surface area contributed by atoms with E-state index < -0.39 is 10.9 Å². The van der Waals surface area contributed by atoms with Gasteiger partial charge in [0.15, 0.2) is 6.61 Å². The summed E-state index contributed by atoms with van der Waals surface area (Å²) in [7, 11) is 0. The van der Waals surface area contributed by atoms with Crippen LogP contribution in [0, 0.1) is 24.0 Å². The molecule has 0 unspecified atom stereocenters. The highest BCUT2D eigenvalue weighted by molar-refractivity contribution is 6.32. The Bertz CT molecular complexity index is 1040. The summed E-state index contributed by atoms with van der Waals surface area (Å²) in [5, 5.41) is 12.3. The fourth-order valence-electron chi connectivity index (χ4n) is 3.70. The third-order valence-corrected chi connectivity index (χ3v) is 6.02. The molecule has 33 heavy (non-hydrogen) atoms. The first kappa shape index (κ1) is 24.3. The van der Waals surface area contributed by atoms with Gasteiger partial charge in [-0.3, -0.25) is 14.9 Å². The number of nitro benzene ring substituents is 1. The maximum Gasteiger partial charge on any atom is 0.338 e. The maximum atomic E-state index is 12.6. The average Bonchev–Trinajstić information content (AvgIpc) is 2.80. The third-order valence-electron chi connectivity index (χ3n) is 5.43. The number of aryl methyl sites for hydroxylation is 2. The number of carbonyl (C=O) groups is 2. The van der Waals surface area contributed by atoms with E-state index >= 15 is 0 Å². The van der Waals surface area contributed by atoms with Gasteiger partial charge in [-0.1, -0.05) is 11.6 Å². The summed E-state index contributed by atoms with van der Waals surface area (Å²) in [5.74, 6) is -0.181. The van der Waals surface area contributed by atoms with Gasteiger partial charge in [0.1, 0.15) is 11.4 Å². The molecule has 0 saturated carbocycles. The van der Waals surface area contributed by atoms with Crippen LogP contribution in [-0.4, -0.2) is 61.1 Å². The number of hydrogen-bond acceptors (Lipinski definition) is 7. The highest BCUT2D eigenvalue weighted by atomic mass is 35.5. The Balaban J connectivity index is 1.61. The minimum atomic E-state index is -0.603. The summed E-state index contributed by atoms with van der Waals surface area (Å²) in [6, 6.07) is 7.88. The van der Waals surface area contributed by atoms with Gasteiger partial charge in [0.05, 0.1) is 17.1 Å². The first-order valence-electron chi connectivity index (χ1n) is 10.6. The lowest BCUT2D eigenvalue weighted by Gasteiger charge is -2.35. The van der Waals surface area contributed by atoms with E-state index in [2.05, 4.69) is 0 Å². The summed E-state index contributed by atoms with van der Waals surface area (Å²) in [4.78, 5) is 39.1. The zero-order chi connectivity index (χ0) is 24.1. The molecule has 0 aliphatic carbocycles. The molecule has 0 atom stereocenters. The Kier molecular flexibility index (Phi) is 7.75. The number of anilines is 1. The van der Waals surface area contributed by atoms with Gasteiger partial charge >= 0.3 is 5.97 Å². The van der Waals surface area contributed by atoms with Crippen molar-refractivity contribution in [3.05, 3.63) is 62.2 Å². The molecule has 0 aromatic heterocycles. The smallest absolute Gasteiger partial charge is 0.338 e. The Morgan fingerprint density at radius 3 is 2.30 bits per heavy atom.